The van der Waals surface area contributed by atoms with Gasteiger partial charge in [0.15, 0.2) is 15.8 Å². The van der Waals surface area contributed by atoms with Gasteiger partial charge in [0.05, 0.1) is 11.5 Å². The number of nitrogens with one attached hydrogen (secondary N) is 1. The number of nitrogens with zero attached hydrogens (tertiary/aromatic N) is 3. The zero-order chi connectivity index (χ0) is 16.3. The summed E-state index contributed by atoms with van der Waals surface area (Å²) in [7, 11) is -1.000. The van der Waals surface area contributed by atoms with E-state index in [4.69, 9.17) is 0 Å². The second-order valence-corrected chi connectivity index (χ2v) is 8.30. The fraction of sp³-hybridized carbons (Fsp3) is 0.562. The molecule has 0 amide bonds. The molecule has 1 fully saturated rings. The van der Waals surface area contributed by atoms with Crippen LogP contribution in [0.3, 0.4) is 0 Å². The summed E-state index contributed by atoms with van der Waals surface area (Å²) in [4.78, 5) is 8.80. The highest BCUT2D eigenvalue weighted by Crippen LogP contribution is 2.27. The Hall–Kier alpha value is -1.60. The van der Waals surface area contributed by atoms with Crippen LogP contribution in [0.1, 0.15) is 5.56 Å². The van der Waals surface area contributed by atoms with E-state index in [0.717, 1.165) is 32.0 Å². The summed E-state index contributed by atoms with van der Waals surface area (Å²) in [5.74, 6) is 1.45. The minimum atomic E-state index is -2.80. The third kappa shape index (κ3) is 3.84. The number of hydrogen-bond donors (Lipinski definition) is 1. The van der Waals surface area contributed by atoms with Gasteiger partial charge in [-0.25, -0.2) is 8.42 Å². The van der Waals surface area contributed by atoms with Crippen molar-refractivity contribution in [2.45, 2.75) is 6.42 Å². The van der Waals surface area contributed by atoms with E-state index >= 15 is 0 Å². The van der Waals surface area contributed by atoms with Crippen LogP contribution in [0.2, 0.25) is 0 Å². The molecule has 0 aliphatic carbocycles. The third-order valence-corrected chi connectivity index (χ3v) is 6.11. The van der Waals surface area contributed by atoms with Crippen LogP contribution >= 0.6 is 0 Å². The average Bonchev–Trinajstić information content (AvgIpc) is 2.97. The SMILES string of the molecule is CN=C(NCCN1CCS(=O)(=O)CC1)N1CCc2ccccc21. The molecule has 1 N–H and O–H groups in total. The van der Waals surface area contributed by atoms with Gasteiger partial charge in [-0.05, 0) is 18.1 Å². The van der Waals surface area contributed by atoms with Crippen molar-refractivity contribution in [1.29, 1.82) is 0 Å². The highest BCUT2D eigenvalue weighted by Gasteiger charge is 2.23. The standard InChI is InChI=1S/C16H24N4O2S/c1-17-16(20-8-6-14-4-2-3-5-15(14)20)18-7-9-19-10-12-23(21,22)13-11-19/h2-5H,6-13H2,1H3,(H,17,18). The minimum absolute atomic E-state index is 0.279. The van der Waals surface area contributed by atoms with Gasteiger partial charge in [-0.3, -0.25) is 9.89 Å². The number of para-hydroxylation sites is 1. The lowest BCUT2D eigenvalue weighted by molar-refractivity contribution is 0.300. The molecule has 23 heavy (non-hydrogen) atoms. The first-order valence-corrected chi connectivity index (χ1v) is 9.90. The van der Waals surface area contributed by atoms with Crippen LogP contribution < -0.4 is 10.2 Å². The van der Waals surface area contributed by atoms with Crippen molar-refractivity contribution in [1.82, 2.24) is 10.2 Å². The van der Waals surface area contributed by atoms with Crippen LogP contribution in [0.25, 0.3) is 0 Å². The van der Waals surface area contributed by atoms with Crippen LogP contribution in [0.4, 0.5) is 5.69 Å². The first kappa shape index (κ1) is 16.3. The maximum Gasteiger partial charge on any atom is 0.198 e. The Balaban J connectivity index is 1.52. The summed E-state index contributed by atoms with van der Waals surface area (Å²) >= 11 is 0. The van der Waals surface area contributed by atoms with E-state index in [2.05, 4.69) is 44.4 Å². The number of benzene rings is 1. The Bertz CT molecular complexity index is 673. The average molecular weight is 336 g/mol. The summed E-state index contributed by atoms with van der Waals surface area (Å²) in [6, 6.07) is 8.42. The molecule has 7 heteroatoms. The fourth-order valence-corrected chi connectivity index (χ4v) is 4.43. The largest absolute Gasteiger partial charge is 0.355 e. The third-order valence-electron chi connectivity index (χ3n) is 4.50. The summed E-state index contributed by atoms with van der Waals surface area (Å²) < 4.78 is 22.9. The molecule has 1 saturated heterocycles. The number of rotatable bonds is 3. The number of sulfone groups is 1. The lowest BCUT2D eigenvalue weighted by Gasteiger charge is -2.28. The lowest BCUT2D eigenvalue weighted by Crippen LogP contribution is -2.46. The molecule has 2 aliphatic rings. The van der Waals surface area contributed by atoms with E-state index in [0.29, 0.717) is 13.1 Å². The second kappa shape index (κ2) is 6.88. The Morgan fingerprint density at radius 1 is 1.22 bits per heavy atom. The van der Waals surface area contributed by atoms with Crippen molar-refractivity contribution in [2.24, 2.45) is 4.99 Å². The molecule has 0 atom stereocenters. The lowest BCUT2D eigenvalue weighted by atomic mass is 10.2. The van der Waals surface area contributed by atoms with E-state index < -0.39 is 9.84 Å². The van der Waals surface area contributed by atoms with E-state index in [9.17, 15) is 8.42 Å². The quantitative estimate of drug-likeness (QED) is 0.638. The molecule has 0 radical (unpaired) electrons. The molecule has 0 bridgehead atoms. The predicted molar refractivity (Wildman–Crippen MR) is 93.9 cm³/mol. The minimum Gasteiger partial charge on any atom is -0.355 e. The molecule has 0 spiro atoms. The molecular formula is C16H24N4O2S. The van der Waals surface area contributed by atoms with Gasteiger partial charge in [-0.15, -0.1) is 0 Å². The normalized spacial score (nSPS) is 21.3. The fourth-order valence-electron chi connectivity index (χ4n) is 3.15. The number of anilines is 1. The number of hydrogen-bond acceptors (Lipinski definition) is 4. The van der Waals surface area contributed by atoms with Crippen molar-refractivity contribution < 1.29 is 8.42 Å². The van der Waals surface area contributed by atoms with Gasteiger partial charge < -0.3 is 10.2 Å². The molecule has 2 aliphatic heterocycles. The van der Waals surface area contributed by atoms with Crippen molar-refractivity contribution in [3.05, 3.63) is 29.8 Å². The number of fused-ring (bicyclic) bond motifs is 1. The Labute approximate surface area is 138 Å². The molecule has 0 aromatic heterocycles. The van der Waals surface area contributed by atoms with Crippen LogP contribution in [0.5, 0.6) is 0 Å². The predicted octanol–water partition coefficient (Wildman–Crippen LogP) is 0.355. The molecule has 1 aromatic rings. The van der Waals surface area contributed by atoms with Gasteiger partial charge in [0.1, 0.15) is 0 Å². The van der Waals surface area contributed by atoms with Gasteiger partial charge in [0, 0.05) is 45.5 Å². The van der Waals surface area contributed by atoms with Crippen LogP contribution in [-0.4, -0.2) is 70.6 Å². The van der Waals surface area contributed by atoms with Gasteiger partial charge in [0.25, 0.3) is 0 Å². The van der Waals surface area contributed by atoms with E-state index in [1.807, 2.05) is 0 Å². The number of aliphatic imine (C=N–C) groups is 1. The molecular weight excluding hydrogens is 312 g/mol. The van der Waals surface area contributed by atoms with Crippen molar-refractivity contribution in [2.75, 3.05) is 56.2 Å². The van der Waals surface area contributed by atoms with Gasteiger partial charge in [-0.2, -0.15) is 0 Å². The van der Waals surface area contributed by atoms with Gasteiger partial charge in [0.2, 0.25) is 0 Å². The topological polar surface area (TPSA) is 65.0 Å². The van der Waals surface area contributed by atoms with Gasteiger partial charge in [-0.1, -0.05) is 18.2 Å². The molecule has 2 heterocycles. The van der Waals surface area contributed by atoms with Crippen LogP contribution in [0.15, 0.2) is 29.3 Å². The second-order valence-electron chi connectivity index (χ2n) is 6.00. The maximum atomic E-state index is 11.4. The molecule has 3 rings (SSSR count). The molecule has 6 nitrogen and oxygen atoms in total. The Kier molecular flexibility index (Phi) is 4.87. The monoisotopic (exact) mass is 336 g/mol. The first-order chi connectivity index (χ1) is 11.1. The molecule has 126 valence electrons. The highest BCUT2D eigenvalue weighted by molar-refractivity contribution is 7.91. The van der Waals surface area contributed by atoms with Crippen LogP contribution in [-0.2, 0) is 16.3 Å². The smallest absolute Gasteiger partial charge is 0.198 e. The zero-order valence-electron chi connectivity index (χ0n) is 13.5. The van der Waals surface area contributed by atoms with E-state index in [-0.39, 0.29) is 11.5 Å². The van der Waals surface area contributed by atoms with Gasteiger partial charge >= 0.3 is 0 Å². The summed E-state index contributed by atoms with van der Waals surface area (Å²) in [6.07, 6.45) is 1.04. The summed E-state index contributed by atoms with van der Waals surface area (Å²) in [5.41, 5.74) is 2.58. The first-order valence-electron chi connectivity index (χ1n) is 8.08. The molecule has 0 unspecified atom stereocenters. The van der Waals surface area contributed by atoms with Crippen molar-refractivity contribution in [3.63, 3.8) is 0 Å². The van der Waals surface area contributed by atoms with Crippen molar-refractivity contribution in [3.8, 4) is 0 Å². The summed E-state index contributed by atoms with van der Waals surface area (Å²) in [5, 5.41) is 3.41. The van der Waals surface area contributed by atoms with Crippen molar-refractivity contribution >= 4 is 21.5 Å². The highest BCUT2D eigenvalue weighted by atomic mass is 32.2. The number of guanidine groups is 1. The van der Waals surface area contributed by atoms with E-state index in [1.54, 1.807) is 7.05 Å². The zero-order valence-corrected chi connectivity index (χ0v) is 14.3. The van der Waals surface area contributed by atoms with E-state index in [1.165, 1.54) is 11.3 Å². The Morgan fingerprint density at radius 2 is 1.96 bits per heavy atom. The maximum absolute atomic E-state index is 11.4. The molecule has 1 aromatic carbocycles. The summed E-state index contributed by atoms with van der Waals surface area (Å²) in [6.45, 7) is 3.82. The Morgan fingerprint density at radius 3 is 2.70 bits per heavy atom. The van der Waals surface area contributed by atoms with Crippen LogP contribution in [0, 0.1) is 0 Å². The molecule has 0 saturated carbocycles.